The number of carbonyl (C=O) groups excluding carboxylic acids is 2. The first-order valence-electron chi connectivity index (χ1n) is 5.24. The summed E-state index contributed by atoms with van der Waals surface area (Å²) in [7, 11) is 1.54. The molecule has 0 bridgehead atoms. The minimum Gasteiger partial charge on any atom is -0.352 e. The molecule has 1 rings (SSSR count). The lowest BCUT2D eigenvalue weighted by Crippen LogP contribution is -2.26. The van der Waals surface area contributed by atoms with Crippen LogP contribution in [0.3, 0.4) is 0 Å². The van der Waals surface area contributed by atoms with E-state index in [-0.39, 0.29) is 17.2 Å². The molecule has 1 aromatic rings. The zero-order valence-corrected chi connectivity index (χ0v) is 9.77. The lowest BCUT2D eigenvalue weighted by atomic mass is 10.1. The Labute approximate surface area is 98.2 Å². The smallest absolute Gasteiger partial charge is 0.255 e. The Morgan fingerprint density at radius 1 is 1.53 bits per heavy atom. The molecule has 7 nitrogen and oxygen atoms in total. The summed E-state index contributed by atoms with van der Waals surface area (Å²) in [5, 5.41) is 9.01. The summed E-state index contributed by atoms with van der Waals surface area (Å²) in [5.74, 6) is -0.879. The Morgan fingerprint density at radius 2 is 2.24 bits per heavy atom. The molecule has 0 saturated carbocycles. The van der Waals surface area contributed by atoms with Gasteiger partial charge in [0, 0.05) is 13.6 Å². The molecule has 0 aliphatic carbocycles. The van der Waals surface area contributed by atoms with Crippen molar-refractivity contribution in [3.8, 4) is 0 Å². The molecule has 0 unspecified atom stereocenters. The Balaban J connectivity index is 2.96. The van der Waals surface area contributed by atoms with E-state index in [4.69, 9.17) is 0 Å². The molecule has 0 spiro atoms. The van der Waals surface area contributed by atoms with E-state index in [1.807, 2.05) is 6.92 Å². The van der Waals surface area contributed by atoms with Gasteiger partial charge in [0.05, 0.1) is 11.8 Å². The third kappa shape index (κ3) is 2.96. The average molecular weight is 238 g/mol. The maximum Gasteiger partial charge on any atom is 0.255 e. The van der Waals surface area contributed by atoms with Crippen LogP contribution in [0.4, 0.5) is 0 Å². The summed E-state index contributed by atoms with van der Waals surface area (Å²) < 4.78 is 1.27. The van der Waals surface area contributed by atoms with Gasteiger partial charge >= 0.3 is 0 Å². The van der Waals surface area contributed by atoms with Crippen LogP contribution in [0, 0.1) is 4.91 Å². The third-order valence-electron chi connectivity index (χ3n) is 2.19. The number of hydrogen-bond acceptors (Lipinski definition) is 5. The van der Waals surface area contributed by atoms with E-state index in [1.165, 1.54) is 17.9 Å². The molecule has 92 valence electrons. The summed E-state index contributed by atoms with van der Waals surface area (Å²) in [6.45, 7) is 1.95. The fourth-order valence-corrected chi connectivity index (χ4v) is 1.40. The van der Waals surface area contributed by atoms with Gasteiger partial charge in [-0.05, 0) is 6.42 Å². The predicted octanol–water partition coefficient (Wildman–Crippen LogP) is 0.509. The number of nitrogens with zero attached hydrogens (tertiary/aromatic N) is 3. The van der Waals surface area contributed by atoms with Gasteiger partial charge in [0.2, 0.25) is 5.78 Å². The number of Topliss-reactive ketones (excluding diaryl/α,β-unsaturated/α-hetero) is 1. The van der Waals surface area contributed by atoms with Crippen molar-refractivity contribution >= 4 is 11.7 Å². The summed E-state index contributed by atoms with van der Waals surface area (Å²) in [4.78, 5) is 33.4. The Bertz CT molecular complexity index is 439. The second-order valence-electron chi connectivity index (χ2n) is 3.50. The average Bonchev–Trinajstić information content (AvgIpc) is 2.68. The first kappa shape index (κ1) is 13.0. The Hall–Kier alpha value is -2.05. The highest BCUT2D eigenvalue weighted by Gasteiger charge is 2.21. The van der Waals surface area contributed by atoms with Gasteiger partial charge in [0.1, 0.15) is 12.2 Å². The SMILES string of the molecule is CCCNC(=O)c1cnn(C)c1C(=O)CN=O. The van der Waals surface area contributed by atoms with Gasteiger partial charge in [-0.25, -0.2) is 0 Å². The largest absolute Gasteiger partial charge is 0.352 e. The van der Waals surface area contributed by atoms with Crippen LogP contribution in [0.1, 0.15) is 34.2 Å². The molecule has 0 aromatic carbocycles. The molecule has 7 heteroatoms. The van der Waals surface area contributed by atoms with Crippen LogP contribution in [-0.2, 0) is 7.05 Å². The molecule has 1 N–H and O–H groups in total. The number of rotatable bonds is 6. The Kier molecular flexibility index (Phi) is 4.50. The van der Waals surface area contributed by atoms with Gasteiger partial charge < -0.3 is 5.32 Å². The molecule has 17 heavy (non-hydrogen) atoms. The summed E-state index contributed by atoms with van der Waals surface area (Å²) in [6, 6.07) is 0. The van der Waals surface area contributed by atoms with Crippen molar-refractivity contribution in [1.82, 2.24) is 15.1 Å². The molecular formula is C10H14N4O3. The van der Waals surface area contributed by atoms with Crippen LogP contribution in [0.5, 0.6) is 0 Å². The number of aromatic nitrogens is 2. The van der Waals surface area contributed by atoms with Crippen LogP contribution in [0.2, 0.25) is 0 Å². The normalized spacial score (nSPS) is 10.0. The third-order valence-corrected chi connectivity index (χ3v) is 2.19. The van der Waals surface area contributed by atoms with E-state index in [9.17, 15) is 14.5 Å². The molecule has 0 aliphatic rings. The number of nitroso groups, excluding NO2 is 1. The lowest BCUT2D eigenvalue weighted by Gasteiger charge is -2.04. The van der Waals surface area contributed by atoms with Crippen LogP contribution in [-0.4, -0.2) is 34.6 Å². The highest BCUT2D eigenvalue weighted by atomic mass is 16.3. The van der Waals surface area contributed by atoms with Crippen molar-refractivity contribution in [2.45, 2.75) is 13.3 Å². The van der Waals surface area contributed by atoms with E-state index in [2.05, 4.69) is 15.6 Å². The summed E-state index contributed by atoms with van der Waals surface area (Å²) >= 11 is 0. The predicted molar refractivity (Wildman–Crippen MR) is 60.8 cm³/mol. The van der Waals surface area contributed by atoms with Crippen molar-refractivity contribution in [3.63, 3.8) is 0 Å². The maximum absolute atomic E-state index is 11.7. The van der Waals surface area contributed by atoms with E-state index >= 15 is 0 Å². The molecule has 1 aromatic heterocycles. The van der Waals surface area contributed by atoms with E-state index in [0.29, 0.717) is 6.54 Å². The topological polar surface area (TPSA) is 93.4 Å². The fourth-order valence-electron chi connectivity index (χ4n) is 1.40. The molecular weight excluding hydrogens is 224 g/mol. The number of aryl methyl sites for hydroxylation is 1. The van der Waals surface area contributed by atoms with Crippen LogP contribution >= 0.6 is 0 Å². The van der Waals surface area contributed by atoms with Gasteiger partial charge in [-0.3, -0.25) is 14.3 Å². The first-order chi connectivity index (χ1) is 8.11. The van der Waals surface area contributed by atoms with Crippen molar-refractivity contribution in [2.24, 2.45) is 12.2 Å². The molecule has 1 amide bonds. The van der Waals surface area contributed by atoms with E-state index in [1.54, 1.807) is 0 Å². The monoisotopic (exact) mass is 238 g/mol. The van der Waals surface area contributed by atoms with Gasteiger partial charge in [-0.1, -0.05) is 12.1 Å². The lowest BCUT2D eigenvalue weighted by molar-refractivity contribution is 0.0934. The van der Waals surface area contributed by atoms with E-state index in [0.717, 1.165) is 6.42 Å². The zero-order valence-electron chi connectivity index (χ0n) is 9.77. The highest BCUT2D eigenvalue weighted by Crippen LogP contribution is 2.08. The van der Waals surface area contributed by atoms with Crippen LogP contribution < -0.4 is 5.32 Å². The van der Waals surface area contributed by atoms with Gasteiger partial charge in [-0.2, -0.15) is 10.0 Å². The van der Waals surface area contributed by atoms with Crippen molar-refractivity contribution in [2.75, 3.05) is 13.1 Å². The standard InChI is InChI=1S/C10H14N4O3/c1-3-4-11-10(16)7-5-12-14(2)9(7)8(15)6-13-17/h5H,3-4,6H2,1-2H3,(H,11,16). The summed E-state index contributed by atoms with van der Waals surface area (Å²) in [6.07, 6.45) is 2.11. The Morgan fingerprint density at radius 3 is 2.82 bits per heavy atom. The number of ketones is 1. The fraction of sp³-hybridized carbons (Fsp3) is 0.500. The first-order valence-corrected chi connectivity index (χ1v) is 5.24. The molecule has 0 atom stereocenters. The van der Waals surface area contributed by atoms with Crippen molar-refractivity contribution < 1.29 is 9.59 Å². The van der Waals surface area contributed by atoms with Gasteiger partial charge in [-0.15, -0.1) is 0 Å². The number of nitrogens with one attached hydrogen (secondary N) is 1. The molecule has 0 fully saturated rings. The number of carbonyl (C=O) groups is 2. The second kappa shape index (κ2) is 5.88. The minimum atomic E-state index is -0.512. The van der Waals surface area contributed by atoms with Crippen LogP contribution in [0.25, 0.3) is 0 Å². The van der Waals surface area contributed by atoms with Gasteiger partial charge in [0.25, 0.3) is 5.91 Å². The van der Waals surface area contributed by atoms with Crippen LogP contribution in [0.15, 0.2) is 11.4 Å². The number of amides is 1. The van der Waals surface area contributed by atoms with E-state index < -0.39 is 12.3 Å². The van der Waals surface area contributed by atoms with Crippen molar-refractivity contribution in [1.29, 1.82) is 0 Å². The summed E-state index contributed by atoms with van der Waals surface area (Å²) in [5.41, 5.74) is 0.285. The van der Waals surface area contributed by atoms with Crippen molar-refractivity contribution in [3.05, 3.63) is 22.4 Å². The quantitative estimate of drug-likeness (QED) is 0.577. The highest BCUT2D eigenvalue weighted by molar-refractivity contribution is 6.07. The number of hydrogen-bond donors (Lipinski definition) is 1. The molecule has 0 radical (unpaired) electrons. The second-order valence-corrected chi connectivity index (χ2v) is 3.50. The molecule has 1 heterocycles. The maximum atomic E-state index is 11.7. The zero-order chi connectivity index (χ0) is 12.8. The van der Waals surface area contributed by atoms with Gasteiger partial charge in [0.15, 0.2) is 0 Å². The molecule has 0 aliphatic heterocycles. The molecule has 0 saturated heterocycles. The minimum absolute atomic E-state index is 0.109.